The lowest BCUT2D eigenvalue weighted by molar-refractivity contribution is 0.0428. The van der Waals surface area contributed by atoms with E-state index in [1.54, 1.807) is 18.2 Å². The number of hydrogen-bond donors (Lipinski definition) is 1. The monoisotopic (exact) mass is 557 g/mol. The summed E-state index contributed by atoms with van der Waals surface area (Å²) in [7, 11) is 1.43. The Hall–Kier alpha value is -5.04. The fourth-order valence-corrected chi connectivity index (χ4v) is 4.57. The Kier molecular flexibility index (Phi) is 8.48. The van der Waals surface area contributed by atoms with Crippen LogP contribution in [0.1, 0.15) is 64.3 Å². The van der Waals surface area contributed by atoms with E-state index in [0.29, 0.717) is 11.4 Å². The molecule has 1 aliphatic heterocycles. The van der Waals surface area contributed by atoms with Crippen molar-refractivity contribution < 1.29 is 23.1 Å². The maximum Gasteiger partial charge on any atom is 0.298 e. The van der Waals surface area contributed by atoms with E-state index in [9.17, 15) is 14.9 Å². The first-order chi connectivity index (χ1) is 19.7. The summed E-state index contributed by atoms with van der Waals surface area (Å²) in [5, 5.41) is 16.3. The van der Waals surface area contributed by atoms with Gasteiger partial charge in [-0.2, -0.15) is 19.1 Å². The number of amides is 2. The van der Waals surface area contributed by atoms with Gasteiger partial charge in [-0.05, 0) is 37.3 Å². The molecule has 1 aromatic heterocycles. The molecular weight excluding hydrogens is 528 g/mol. The van der Waals surface area contributed by atoms with E-state index < -0.39 is 17.7 Å². The first kappa shape index (κ1) is 29.0. The van der Waals surface area contributed by atoms with E-state index in [4.69, 9.17) is 4.74 Å². The first-order valence-corrected chi connectivity index (χ1v) is 13.1. The normalized spacial score (nSPS) is 14.3. The van der Waals surface area contributed by atoms with Gasteiger partial charge in [-0.3, -0.25) is 14.3 Å². The maximum absolute atomic E-state index is 15.0. The summed E-state index contributed by atoms with van der Waals surface area (Å²) in [6.45, 7) is 6.13. The second-order valence-electron chi connectivity index (χ2n) is 9.08. The topological polar surface area (TPSA) is 100 Å². The van der Waals surface area contributed by atoms with Crippen LogP contribution in [0.4, 0.5) is 20.2 Å². The molecule has 4 aromatic rings. The van der Waals surface area contributed by atoms with E-state index in [2.05, 4.69) is 10.4 Å². The van der Waals surface area contributed by atoms with Gasteiger partial charge in [0.2, 0.25) is 0 Å². The van der Waals surface area contributed by atoms with Crippen molar-refractivity contribution in [2.45, 2.75) is 32.7 Å². The molecule has 0 saturated carbocycles. The zero-order valence-electron chi connectivity index (χ0n) is 23.1. The van der Waals surface area contributed by atoms with Gasteiger partial charge in [-0.1, -0.05) is 56.3 Å². The number of carbonyl (C=O) groups is 2. The van der Waals surface area contributed by atoms with Crippen molar-refractivity contribution in [2.24, 2.45) is 0 Å². The third-order valence-corrected chi connectivity index (χ3v) is 6.62. The molecule has 0 saturated heterocycles. The fourth-order valence-electron chi connectivity index (χ4n) is 4.57. The van der Waals surface area contributed by atoms with Crippen LogP contribution < -0.4 is 15.0 Å². The van der Waals surface area contributed by atoms with Gasteiger partial charge in [-0.15, -0.1) is 0 Å². The van der Waals surface area contributed by atoms with Crippen LogP contribution in [-0.2, 0) is 5.92 Å². The van der Waals surface area contributed by atoms with Crippen molar-refractivity contribution >= 4 is 23.2 Å². The Labute approximate surface area is 236 Å². The lowest BCUT2D eigenvalue weighted by Gasteiger charge is -2.32. The summed E-state index contributed by atoms with van der Waals surface area (Å²) >= 11 is 0. The minimum atomic E-state index is -3.19. The molecule has 0 fully saturated rings. The predicted molar refractivity (Wildman–Crippen MR) is 152 cm³/mol. The molecule has 1 N–H and O–H groups in total. The number of benzene rings is 3. The summed E-state index contributed by atoms with van der Waals surface area (Å²) < 4.78 is 36.7. The summed E-state index contributed by atoms with van der Waals surface area (Å²) in [6.07, 6.45) is 1.39. The Morgan fingerprint density at radius 2 is 1.73 bits per heavy atom. The number of methoxy groups -OCH3 is 1. The number of fused-ring (bicyclic) bond motifs is 1. The van der Waals surface area contributed by atoms with Gasteiger partial charge in [0.15, 0.2) is 5.69 Å². The van der Waals surface area contributed by atoms with Crippen molar-refractivity contribution in [3.63, 3.8) is 0 Å². The number of ether oxygens (including phenoxy) is 1. The van der Waals surface area contributed by atoms with Gasteiger partial charge in [0.05, 0.1) is 30.6 Å². The molecule has 1 aliphatic rings. The number of hydrogen-bond acceptors (Lipinski definition) is 5. The number of rotatable bonds is 6. The van der Waals surface area contributed by atoms with Gasteiger partial charge in [0.25, 0.3) is 17.7 Å². The van der Waals surface area contributed by atoms with Crippen molar-refractivity contribution in [1.29, 1.82) is 5.26 Å². The number of halogens is 2. The molecule has 0 radical (unpaired) electrons. The van der Waals surface area contributed by atoms with Crippen molar-refractivity contribution in [1.82, 2.24) is 9.78 Å². The first-order valence-electron chi connectivity index (χ1n) is 13.1. The van der Waals surface area contributed by atoms with Crippen LogP contribution in [0.15, 0.2) is 79.0 Å². The van der Waals surface area contributed by atoms with Gasteiger partial charge >= 0.3 is 0 Å². The van der Waals surface area contributed by atoms with Crippen LogP contribution in [0.5, 0.6) is 5.75 Å². The van der Waals surface area contributed by atoms with E-state index in [-0.39, 0.29) is 46.2 Å². The Bertz CT molecular complexity index is 1590. The molecule has 0 spiro atoms. The van der Waals surface area contributed by atoms with Crippen LogP contribution >= 0.6 is 0 Å². The number of alkyl halides is 2. The van der Waals surface area contributed by atoms with Crippen LogP contribution in [0.3, 0.4) is 0 Å². The smallest absolute Gasteiger partial charge is 0.298 e. The average Bonchev–Trinajstić information content (AvgIpc) is 3.44. The molecule has 0 bridgehead atoms. The molecule has 1 unspecified atom stereocenters. The van der Waals surface area contributed by atoms with Gasteiger partial charge in [0, 0.05) is 28.9 Å². The van der Waals surface area contributed by atoms with E-state index in [1.807, 2.05) is 26.8 Å². The number of anilines is 2. The Morgan fingerprint density at radius 3 is 2.37 bits per heavy atom. The molecule has 0 aliphatic carbocycles. The summed E-state index contributed by atoms with van der Waals surface area (Å²) in [6, 6.07) is 19.3. The van der Waals surface area contributed by atoms with E-state index in [0.717, 1.165) is 0 Å². The third kappa shape index (κ3) is 5.52. The Morgan fingerprint density at radius 1 is 1.07 bits per heavy atom. The molecule has 3 aromatic carbocycles. The zero-order chi connectivity index (χ0) is 29.7. The molecule has 2 amide bonds. The van der Waals surface area contributed by atoms with Crippen LogP contribution in [0, 0.1) is 11.3 Å². The fraction of sp³-hybridized carbons (Fsp3) is 0.226. The minimum Gasteiger partial charge on any atom is -0.495 e. The van der Waals surface area contributed by atoms with Gasteiger partial charge in [0.1, 0.15) is 11.8 Å². The zero-order valence-corrected chi connectivity index (χ0v) is 23.1. The predicted octanol–water partition coefficient (Wildman–Crippen LogP) is 6.40. The highest BCUT2D eigenvalue weighted by Crippen LogP contribution is 2.37. The third-order valence-electron chi connectivity index (χ3n) is 6.62. The van der Waals surface area contributed by atoms with Crippen molar-refractivity contribution in [2.75, 3.05) is 23.9 Å². The average molecular weight is 558 g/mol. The van der Waals surface area contributed by atoms with Crippen LogP contribution in [0.25, 0.3) is 0 Å². The maximum atomic E-state index is 15.0. The lowest BCUT2D eigenvalue weighted by atomic mass is 10.00. The van der Waals surface area contributed by atoms with Crippen LogP contribution in [0.2, 0.25) is 0 Å². The molecule has 1 atom stereocenters. The largest absolute Gasteiger partial charge is 0.495 e. The van der Waals surface area contributed by atoms with Crippen molar-refractivity contribution in [3.05, 3.63) is 107 Å². The number of nitriles is 1. The van der Waals surface area contributed by atoms with Gasteiger partial charge in [-0.25, -0.2) is 0 Å². The molecule has 41 heavy (non-hydrogen) atoms. The van der Waals surface area contributed by atoms with Gasteiger partial charge < -0.3 is 15.0 Å². The number of aromatic nitrogens is 2. The summed E-state index contributed by atoms with van der Waals surface area (Å²) in [5.74, 6) is -3.82. The van der Waals surface area contributed by atoms with Crippen LogP contribution in [-0.4, -0.2) is 35.2 Å². The number of nitrogens with zero attached hydrogens (tertiary/aromatic N) is 4. The molecule has 2 heterocycles. The minimum absolute atomic E-state index is 0.122. The summed E-state index contributed by atoms with van der Waals surface area (Å²) in [5.41, 5.74) is 0.887. The van der Waals surface area contributed by atoms with E-state index >= 15 is 8.78 Å². The molecule has 8 nitrogen and oxygen atoms in total. The summed E-state index contributed by atoms with van der Waals surface area (Å²) in [4.78, 5) is 28.0. The highest BCUT2D eigenvalue weighted by Gasteiger charge is 2.36. The lowest BCUT2D eigenvalue weighted by Crippen LogP contribution is -2.43. The Balaban J connectivity index is 0.00000189. The molecule has 10 heteroatoms. The van der Waals surface area contributed by atoms with Crippen molar-refractivity contribution in [3.8, 4) is 11.8 Å². The second kappa shape index (κ2) is 12.0. The SMILES string of the molecule is CC.COc1ccc(C(=O)Nc2cnn3c2C(=O)N(c2ccc(C(F)(F)c4ccccc4)cc2)CC3C)cc1C#N. The highest BCUT2D eigenvalue weighted by atomic mass is 19.3. The number of carbonyl (C=O) groups excluding carboxylic acids is 2. The molecular formula is C31H29F2N5O3. The highest BCUT2D eigenvalue weighted by molar-refractivity contribution is 6.13. The molecule has 5 rings (SSSR count). The standard InChI is InChI=1S/C29H23F2N5O3.C2H6/c1-18-17-35(23-11-9-22(10-12-23)29(30,31)21-6-4-3-5-7-21)28(38)26-24(16-33-36(18)26)34-27(37)19-8-13-25(39-2)20(14-19)15-32;1-2/h3-14,16,18H,17H2,1-2H3,(H,34,37);1-2H3. The van der Waals surface area contributed by atoms with E-state index in [1.165, 1.54) is 77.5 Å². The molecule has 210 valence electrons. The second-order valence-corrected chi connectivity index (χ2v) is 9.08. The quantitative estimate of drug-likeness (QED) is 0.296. The number of nitrogens with one attached hydrogen (secondary N) is 1.